The van der Waals surface area contributed by atoms with E-state index >= 15 is 0 Å². The Morgan fingerprint density at radius 2 is 1.62 bits per heavy atom. The van der Waals surface area contributed by atoms with Gasteiger partial charge < -0.3 is 14.1 Å². The Morgan fingerprint density at radius 3 is 2.25 bits per heavy atom. The zero-order chi connectivity index (χ0) is 22.7. The number of nitrogens with zero attached hydrogens (tertiary/aromatic N) is 2. The average Bonchev–Trinajstić information content (AvgIpc) is 3.30. The highest BCUT2D eigenvalue weighted by Gasteiger charge is 2.31. The summed E-state index contributed by atoms with van der Waals surface area (Å²) in [6, 6.07) is 15.3. The van der Waals surface area contributed by atoms with Crippen LogP contribution < -0.4 is 4.74 Å². The summed E-state index contributed by atoms with van der Waals surface area (Å²) in [4.78, 5) is 14.6. The van der Waals surface area contributed by atoms with Crippen molar-refractivity contribution in [1.82, 2.24) is 9.21 Å². The molecule has 0 N–H and O–H groups in total. The van der Waals surface area contributed by atoms with E-state index in [2.05, 4.69) is 0 Å². The second-order valence-corrected chi connectivity index (χ2v) is 9.21. The van der Waals surface area contributed by atoms with Crippen LogP contribution in [0.2, 0.25) is 0 Å². The maximum atomic E-state index is 13.1. The van der Waals surface area contributed by atoms with Crippen molar-refractivity contribution < 1.29 is 26.8 Å². The number of rotatable bonds is 6. The highest BCUT2D eigenvalue weighted by Crippen LogP contribution is 2.25. The van der Waals surface area contributed by atoms with Crippen LogP contribution in [0.3, 0.4) is 0 Å². The third-order valence-corrected chi connectivity index (χ3v) is 7.16. The van der Waals surface area contributed by atoms with Crippen LogP contribution in [-0.2, 0) is 10.0 Å². The molecular weight excluding hydrogens is 435 g/mol. The van der Waals surface area contributed by atoms with Crippen molar-refractivity contribution >= 4 is 15.9 Å². The van der Waals surface area contributed by atoms with Crippen molar-refractivity contribution in [3.05, 3.63) is 72.2 Å². The van der Waals surface area contributed by atoms with Crippen molar-refractivity contribution in [3.63, 3.8) is 0 Å². The van der Waals surface area contributed by atoms with Gasteiger partial charge in [0, 0.05) is 31.7 Å². The molecule has 3 aromatic rings. The van der Waals surface area contributed by atoms with Gasteiger partial charge in [0.15, 0.2) is 5.76 Å². The molecule has 0 spiro atoms. The quantitative estimate of drug-likeness (QED) is 0.564. The summed E-state index contributed by atoms with van der Waals surface area (Å²) in [5.74, 6) is 0.573. The summed E-state index contributed by atoms with van der Waals surface area (Å²) in [7, 11) is -3.66. The molecule has 0 saturated carbocycles. The maximum absolute atomic E-state index is 13.1. The number of furan rings is 1. The first-order valence-corrected chi connectivity index (χ1v) is 11.7. The number of carbonyl (C=O) groups excluding carboxylic acids is 1. The van der Waals surface area contributed by atoms with E-state index in [4.69, 9.17) is 9.15 Å². The highest BCUT2D eigenvalue weighted by atomic mass is 32.2. The molecule has 1 saturated heterocycles. The molecule has 0 unspecified atom stereocenters. The van der Waals surface area contributed by atoms with Gasteiger partial charge in [-0.3, -0.25) is 4.79 Å². The summed E-state index contributed by atoms with van der Waals surface area (Å²) in [6.07, 6.45) is 0. The van der Waals surface area contributed by atoms with E-state index < -0.39 is 10.0 Å². The Kier molecular flexibility index (Phi) is 6.29. The molecule has 9 heteroatoms. The van der Waals surface area contributed by atoms with Gasteiger partial charge in [-0.2, -0.15) is 4.31 Å². The number of hydrogen-bond acceptors (Lipinski definition) is 5. The predicted molar refractivity (Wildman–Crippen MR) is 116 cm³/mol. The Labute approximate surface area is 186 Å². The molecule has 4 rings (SSSR count). The molecule has 2 aromatic carbocycles. The fraction of sp³-hybridized carbons (Fsp3) is 0.261. The minimum atomic E-state index is -3.66. The van der Waals surface area contributed by atoms with Gasteiger partial charge >= 0.3 is 0 Å². The first kappa shape index (κ1) is 22.0. The zero-order valence-electron chi connectivity index (χ0n) is 17.5. The summed E-state index contributed by atoms with van der Waals surface area (Å²) >= 11 is 0. The van der Waals surface area contributed by atoms with Crippen molar-refractivity contribution in [2.24, 2.45) is 0 Å². The molecule has 2 heterocycles. The monoisotopic (exact) mass is 458 g/mol. The lowest BCUT2D eigenvalue weighted by molar-refractivity contribution is 0.0667. The van der Waals surface area contributed by atoms with E-state index in [-0.39, 0.29) is 48.6 Å². The largest absolute Gasteiger partial charge is 0.494 e. The van der Waals surface area contributed by atoms with Crippen LogP contribution in [0.15, 0.2) is 70.0 Å². The predicted octanol–water partition coefficient (Wildman–Crippen LogP) is 3.63. The van der Waals surface area contributed by atoms with E-state index in [1.165, 1.54) is 28.6 Å². The maximum Gasteiger partial charge on any atom is 0.289 e. The third kappa shape index (κ3) is 4.53. The normalized spacial score (nSPS) is 15.0. The molecule has 0 bridgehead atoms. The molecule has 0 aliphatic carbocycles. The van der Waals surface area contributed by atoms with E-state index in [9.17, 15) is 17.6 Å². The van der Waals surface area contributed by atoms with Crippen LogP contribution in [0.25, 0.3) is 11.3 Å². The van der Waals surface area contributed by atoms with E-state index in [1.54, 1.807) is 41.3 Å². The van der Waals surface area contributed by atoms with Crippen LogP contribution in [0.5, 0.6) is 5.75 Å². The number of halogens is 1. The lowest BCUT2D eigenvalue weighted by Gasteiger charge is -2.33. The molecule has 168 valence electrons. The van der Waals surface area contributed by atoms with Gasteiger partial charge in [0.25, 0.3) is 5.91 Å². The number of piperazine rings is 1. The fourth-order valence-corrected chi connectivity index (χ4v) is 4.96. The van der Waals surface area contributed by atoms with E-state index in [0.717, 1.165) is 0 Å². The summed E-state index contributed by atoms with van der Waals surface area (Å²) in [6.45, 7) is 3.24. The number of hydrogen-bond donors (Lipinski definition) is 0. The zero-order valence-corrected chi connectivity index (χ0v) is 18.3. The van der Waals surface area contributed by atoms with Gasteiger partial charge in [-0.25, -0.2) is 12.8 Å². The van der Waals surface area contributed by atoms with Crippen LogP contribution in [-0.4, -0.2) is 56.3 Å². The lowest BCUT2D eigenvalue weighted by Crippen LogP contribution is -2.50. The topological polar surface area (TPSA) is 80.1 Å². The molecule has 1 amide bonds. The van der Waals surface area contributed by atoms with Crippen molar-refractivity contribution in [1.29, 1.82) is 0 Å². The molecule has 1 aliphatic rings. The average molecular weight is 459 g/mol. The Hall–Kier alpha value is -3.17. The van der Waals surface area contributed by atoms with Gasteiger partial charge in [0.1, 0.15) is 17.3 Å². The van der Waals surface area contributed by atoms with E-state index in [1.807, 2.05) is 6.92 Å². The lowest BCUT2D eigenvalue weighted by atomic mass is 10.2. The molecule has 1 aromatic heterocycles. The number of amides is 1. The number of benzene rings is 2. The van der Waals surface area contributed by atoms with Gasteiger partial charge in [-0.15, -0.1) is 0 Å². The van der Waals surface area contributed by atoms with Gasteiger partial charge in [0.2, 0.25) is 10.0 Å². The smallest absolute Gasteiger partial charge is 0.289 e. The van der Waals surface area contributed by atoms with Crippen LogP contribution in [0, 0.1) is 5.82 Å². The molecule has 7 nitrogen and oxygen atoms in total. The summed E-state index contributed by atoms with van der Waals surface area (Å²) in [5, 5.41) is 0. The van der Waals surface area contributed by atoms with E-state index in [0.29, 0.717) is 23.7 Å². The second kappa shape index (κ2) is 9.13. The van der Waals surface area contributed by atoms with Crippen LogP contribution in [0.1, 0.15) is 17.5 Å². The van der Waals surface area contributed by atoms with Gasteiger partial charge in [-0.05, 0) is 67.6 Å². The molecule has 0 atom stereocenters. The van der Waals surface area contributed by atoms with Gasteiger partial charge in [0.05, 0.1) is 11.5 Å². The van der Waals surface area contributed by atoms with Crippen LogP contribution >= 0.6 is 0 Å². The molecule has 1 fully saturated rings. The molecule has 0 radical (unpaired) electrons. The fourth-order valence-electron chi connectivity index (χ4n) is 3.53. The minimum absolute atomic E-state index is 0.159. The Bertz CT molecular complexity index is 1180. The van der Waals surface area contributed by atoms with Crippen molar-refractivity contribution in [2.45, 2.75) is 11.8 Å². The molecular formula is C23H23FN2O5S. The SMILES string of the molecule is CCOc1ccc(S(=O)(=O)N2CCN(C(=O)c3ccc(-c4ccc(F)cc4)o3)CC2)cc1. The highest BCUT2D eigenvalue weighted by molar-refractivity contribution is 7.89. The summed E-state index contributed by atoms with van der Waals surface area (Å²) in [5.41, 5.74) is 0.664. The van der Waals surface area contributed by atoms with Crippen molar-refractivity contribution in [2.75, 3.05) is 32.8 Å². The second-order valence-electron chi connectivity index (χ2n) is 7.27. The molecule has 1 aliphatic heterocycles. The minimum Gasteiger partial charge on any atom is -0.494 e. The molecule has 32 heavy (non-hydrogen) atoms. The number of ether oxygens (including phenoxy) is 1. The number of sulfonamides is 1. The van der Waals surface area contributed by atoms with Gasteiger partial charge in [-0.1, -0.05) is 0 Å². The Balaban J connectivity index is 1.40. The first-order valence-electron chi connectivity index (χ1n) is 10.3. The Morgan fingerprint density at radius 1 is 0.969 bits per heavy atom. The standard InChI is InChI=1S/C23H23FN2O5S/c1-2-30-19-7-9-20(10-8-19)32(28,29)26-15-13-25(14-16-26)23(27)22-12-11-21(31-22)17-3-5-18(24)6-4-17/h3-12H,2,13-16H2,1H3. The summed E-state index contributed by atoms with van der Waals surface area (Å²) < 4.78 is 51.3. The first-order chi connectivity index (χ1) is 15.4. The van der Waals surface area contributed by atoms with Crippen molar-refractivity contribution in [3.8, 4) is 17.1 Å². The van der Waals surface area contributed by atoms with Crippen LogP contribution in [0.4, 0.5) is 4.39 Å². The third-order valence-electron chi connectivity index (χ3n) is 5.24. The number of carbonyl (C=O) groups is 1.